The molecule has 2 heterocycles. The van der Waals surface area contributed by atoms with Crippen molar-refractivity contribution in [1.82, 2.24) is 25.1 Å². The summed E-state index contributed by atoms with van der Waals surface area (Å²) in [5.41, 5.74) is 3.52. The van der Waals surface area contributed by atoms with E-state index in [9.17, 15) is 4.79 Å². The van der Waals surface area contributed by atoms with Crippen LogP contribution < -0.4 is 5.32 Å². The fourth-order valence-corrected chi connectivity index (χ4v) is 2.64. The van der Waals surface area contributed by atoms with Gasteiger partial charge in [0.2, 0.25) is 5.91 Å². The number of carbonyl (C=O) groups is 1. The first-order chi connectivity index (χ1) is 11.3. The Hall–Kier alpha value is -2.80. The van der Waals surface area contributed by atoms with Gasteiger partial charge in [0.25, 0.3) is 0 Å². The summed E-state index contributed by atoms with van der Waals surface area (Å²) in [6, 6.07) is 9.60. The van der Waals surface area contributed by atoms with E-state index in [2.05, 4.69) is 20.4 Å². The minimum absolute atomic E-state index is 0.174. The number of rotatable bonds is 6. The summed E-state index contributed by atoms with van der Waals surface area (Å²) in [4.78, 5) is 20.2. The van der Waals surface area contributed by atoms with Crippen molar-refractivity contribution in [3.8, 4) is 0 Å². The number of hydrogen-bond acceptors (Lipinski definition) is 5. The van der Waals surface area contributed by atoms with Gasteiger partial charge >= 0.3 is 0 Å². The molecule has 0 unspecified atom stereocenters. The Balaban J connectivity index is 1.71. The highest BCUT2D eigenvalue weighted by atomic mass is 32.1. The number of amides is 1. The molecule has 2 aromatic heterocycles. The van der Waals surface area contributed by atoms with Crippen LogP contribution in [0.15, 0.2) is 60.0 Å². The highest BCUT2D eigenvalue weighted by Crippen LogP contribution is 2.14. The molecule has 1 amide bonds. The summed E-state index contributed by atoms with van der Waals surface area (Å²) in [5, 5.41) is 8.98. The third kappa shape index (κ3) is 4.33. The monoisotopic (exact) mass is 325 g/mol. The van der Waals surface area contributed by atoms with Crippen LogP contribution in [0.4, 0.5) is 0 Å². The second kappa shape index (κ2) is 7.46. The van der Waals surface area contributed by atoms with Crippen molar-refractivity contribution in [3.05, 3.63) is 71.2 Å². The Labute approximate surface area is 137 Å². The van der Waals surface area contributed by atoms with E-state index in [4.69, 9.17) is 0 Å². The third-order valence-corrected chi connectivity index (χ3v) is 3.82. The standard InChI is InChI=1S/C16H15N5OS/c22-16(7-6-14-9-23-12-18-14)20-15(8-21-11-17-10-19-21)13-4-2-1-3-5-13/h1-7,9-12,15H,8H2,(H,20,22)/b7-6+/t15-/m1/s1. The summed E-state index contributed by atoms with van der Waals surface area (Å²) in [6.45, 7) is 0.514. The second-order valence-corrected chi connectivity index (χ2v) is 5.55. The van der Waals surface area contributed by atoms with Gasteiger partial charge < -0.3 is 5.32 Å². The van der Waals surface area contributed by atoms with Crippen LogP contribution in [0, 0.1) is 0 Å². The van der Waals surface area contributed by atoms with Gasteiger partial charge in [-0.25, -0.2) is 9.97 Å². The molecule has 0 saturated carbocycles. The van der Waals surface area contributed by atoms with Crippen molar-refractivity contribution < 1.29 is 4.79 Å². The maximum absolute atomic E-state index is 12.2. The van der Waals surface area contributed by atoms with E-state index < -0.39 is 0 Å². The van der Waals surface area contributed by atoms with Crippen molar-refractivity contribution >= 4 is 23.3 Å². The summed E-state index contributed by atoms with van der Waals surface area (Å²) in [6.07, 6.45) is 6.30. The van der Waals surface area contributed by atoms with Gasteiger partial charge in [0.1, 0.15) is 12.7 Å². The predicted molar refractivity (Wildman–Crippen MR) is 88.5 cm³/mol. The molecule has 3 rings (SSSR count). The molecule has 0 saturated heterocycles. The highest BCUT2D eigenvalue weighted by molar-refractivity contribution is 7.07. The van der Waals surface area contributed by atoms with E-state index in [1.807, 2.05) is 35.7 Å². The quantitative estimate of drug-likeness (QED) is 0.706. The predicted octanol–water partition coefficient (Wildman–Crippen LogP) is 2.31. The lowest BCUT2D eigenvalue weighted by atomic mass is 10.1. The van der Waals surface area contributed by atoms with Gasteiger partial charge in [-0.05, 0) is 11.6 Å². The van der Waals surface area contributed by atoms with Crippen LogP contribution in [-0.2, 0) is 11.3 Å². The highest BCUT2D eigenvalue weighted by Gasteiger charge is 2.14. The van der Waals surface area contributed by atoms with Crippen molar-refractivity contribution in [2.24, 2.45) is 0 Å². The normalized spacial score (nSPS) is 12.3. The molecule has 1 N–H and O–H groups in total. The van der Waals surface area contributed by atoms with Crippen LogP contribution >= 0.6 is 11.3 Å². The van der Waals surface area contributed by atoms with E-state index in [0.717, 1.165) is 11.3 Å². The second-order valence-electron chi connectivity index (χ2n) is 4.84. The van der Waals surface area contributed by atoms with Crippen LogP contribution in [-0.4, -0.2) is 25.7 Å². The summed E-state index contributed by atoms with van der Waals surface area (Å²) in [7, 11) is 0. The number of benzene rings is 1. The van der Waals surface area contributed by atoms with E-state index in [0.29, 0.717) is 6.54 Å². The van der Waals surface area contributed by atoms with Crippen molar-refractivity contribution in [3.63, 3.8) is 0 Å². The Morgan fingerprint density at radius 2 is 2.22 bits per heavy atom. The topological polar surface area (TPSA) is 72.7 Å². The van der Waals surface area contributed by atoms with E-state index >= 15 is 0 Å². The molecule has 0 aliphatic rings. The van der Waals surface area contributed by atoms with Gasteiger partial charge in [-0.1, -0.05) is 30.3 Å². The molecular formula is C16H15N5OS. The lowest BCUT2D eigenvalue weighted by Gasteiger charge is -2.18. The van der Waals surface area contributed by atoms with Crippen LogP contribution in [0.3, 0.4) is 0 Å². The maximum Gasteiger partial charge on any atom is 0.244 e. The first-order valence-electron chi connectivity index (χ1n) is 7.05. The van der Waals surface area contributed by atoms with Gasteiger partial charge in [0.05, 0.1) is 23.8 Å². The molecule has 3 aromatic rings. The van der Waals surface area contributed by atoms with Crippen LogP contribution in [0.1, 0.15) is 17.3 Å². The number of nitrogens with one attached hydrogen (secondary N) is 1. The summed E-state index contributed by atoms with van der Waals surface area (Å²) >= 11 is 1.49. The molecule has 0 fully saturated rings. The molecule has 0 radical (unpaired) electrons. The van der Waals surface area contributed by atoms with Gasteiger partial charge in [-0.3, -0.25) is 9.48 Å². The van der Waals surface area contributed by atoms with Crippen LogP contribution in [0.25, 0.3) is 6.08 Å². The maximum atomic E-state index is 12.2. The average molecular weight is 325 g/mol. The molecule has 1 atom stereocenters. The zero-order valence-corrected chi connectivity index (χ0v) is 13.1. The number of nitrogens with zero attached hydrogens (tertiary/aromatic N) is 4. The minimum atomic E-state index is -0.189. The van der Waals surface area contributed by atoms with Gasteiger partial charge in [-0.2, -0.15) is 5.10 Å². The number of hydrogen-bond donors (Lipinski definition) is 1. The first kappa shape index (κ1) is 15.1. The number of carbonyl (C=O) groups excluding carboxylic acids is 1. The Morgan fingerprint density at radius 1 is 1.35 bits per heavy atom. The van der Waals surface area contributed by atoms with E-state index in [1.165, 1.54) is 23.7 Å². The molecule has 0 aliphatic carbocycles. The van der Waals surface area contributed by atoms with Crippen molar-refractivity contribution in [2.45, 2.75) is 12.6 Å². The molecule has 1 aromatic carbocycles. The van der Waals surface area contributed by atoms with Crippen molar-refractivity contribution in [1.29, 1.82) is 0 Å². The lowest BCUT2D eigenvalue weighted by Crippen LogP contribution is -2.30. The number of thiazole rings is 1. The number of aromatic nitrogens is 4. The third-order valence-electron chi connectivity index (χ3n) is 3.21. The lowest BCUT2D eigenvalue weighted by molar-refractivity contribution is -0.117. The van der Waals surface area contributed by atoms with Gasteiger partial charge in [-0.15, -0.1) is 11.3 Å². The Bertz CT molecular complexity index is 753. The Morgan fingerprint density at radius 3 is 2.91 bits per heavy atom. The fourth-order valence-electron chi connectivity index (χ4n) is 2.12. The zero-order chi connectivity index (χ0) is 15.9. The molecule has 0 aliphatic heterocycles. The van der Waals surface area contributed by atoms with Crippen molar-refractivity contribution in [2.75, 3.05) is 0 Å². The summed E-state index contributed by atoms with van der Waals surface area (Å²) in [5.74, 6) is -0.174. The van der Waals surface area contributed by atoms with Crippen LogP contribution in [0.2, 0.25) is 0 Å². The fraction of sp³-hybridized carbons (Fsp3) is 0.125. The smallest absolute Gasteiger partial charge is 0.244 e. The SMILES string of the molecule is O=C(/C=C/c1cscn1)N[C@H](Cn1cncn1)c1ccccc1. The largest absolute Gasteiger partial charge is 0.344 e. The van der Waals surface area contributed by atoms with Gasteiger partial charge in [0, 0.05) is 11.5 Å². The average Bonchev–Trinajstić information content (AvgIpc) is 3.27. The van der Waals surface area contributed by atoms with Gasteiger partial charge in [0.15, 0.2) is 0 Å². The minimum Gasteiger partial charge on any atom is -0.344 e. The molecule has 116 valence electrons. The van der Waals surface area contributed by atoms with E-state index in [-0.39, 0.29) is 11.9 Å². The first-order valence-corrected chi connectivity index (χ1v) is 7.99. The molecule has 0 bridgehead atoms. The zero-order valence-electron chi connectivity index (χ0n) is 12.2. The van der Waals surface area contributed by atoms with Crippen LogP contribution in [0.5, 0.6) is 0 Å². The molecule has 6 nitrogen and oxygen atoms in total. The molecular weight excluding hydrogens is 310 g/mol. The molecule has 7 heteroatoms. The Kier molecular flexibility index (Phi) is 4.90. The molecule has 23 heavy (non-hydrogen) atoms. The summed E-state index contributed by atoms with van der Waals surface area (Å²) < 4.78 is 1.70. The van der Waals surface area contributed by atoms with E-state index in [1.54, 1.807) is 22.6 Å². The molecule has 0 spiro atoms.